The van der Waals surface area contributed by atoms with Gasteiger partial charge in [0.15, 0.2) is 0 Å². The first-order chi connectivity index (χ1) is 3.39. The molecule has 1 aromatic rings. The maximum absolute atomic E-state index is 8.60. The molecule has 0 aliphatic rings. The van der Waals surface area contributed by atoms with Gasteiger partial charge in [0.2, 0.25) is 0 Å². The summed E-state index contributed by atoms with van der Waals surface area (Å²) in [5.41, 5.74) is 0. The van der Waals surface area contributed by atoms with Crippen LogP contribution in [-0.4, -0.2) is 5.11 Å². The van der Waals surface area contributed by atoms with Crippen molar-refractivity contribution in [1.82, 2.24) is 0 Å². The molecule has 1 rings (SSSR count). The Kier molecular flexibility index (Phi) is 3.41. The fourth-order valence-electron chi connectivity index (χ4n) is 0.384. The first-order valence-corrected chi connectivity index (χ1v) is 2.04. The number of rotatable bonds is 0. The van der Waals surface area contributed by atoms with Gasteiger partial charge in [-0.05, 0) is 0 Å². The molecular weight excluding hydrogens is 139 g/mol. The van der Waals surface area contributed by atoms with Crippen molar-refractivity contribution in [3.05, 3.63) is 30.3 Å². The molecule has 41 valence electrons. The second kappa shape index (κ2) is 3.59. The topological polar surface area (TPSA) is 20.2 Å². The Morgan fingerprint density at radius 1 is 1.50 bits per heavy atom. The summed E-state index contributed by atoms with van der Waals surface area (Å²) in [4.78, 5) is 0. The van der Waals surface area contributed by atoms with Gasteiger partial charge in [0.05, 0.1) is 0 Å². The molecule has 0 aromatic heterocycles. The van der Waals surface area contributed by atoms with Crippen LogP contribution in [-0.2, 0) is 18.6 Å². The maximum Gasteiger partial charge on any atom is 0.00321 e. The van der Waals surface area contributed by atoms with E-state index in [4.69, 9.17) is 5.11 Å². The van der Waals surface area contributed by atoms with Crippen molar-refractivity contribution in [3.8, 4) is 5.75 Å². The van der Waals surface area contributed by atoms with E-state index in [1.165, 1.54) is 6.07 Å². The zero-order chi connectivity index (χ0) is 5.11. The van der Waals surface area contributed by atoms with E-state index in [0.29, 0.717) is 0 Å². The number of phenols is 1. The first kappa shape index (κ1) is 7.60. The zero-order valence-electron chi connectivity index (χ0n) is 4.20. The van der Waals surface area contributed by atoms with Crippen LogP contribution in [0.5, 0.6) is 5.75 Å². The molecule has 0 aliphatic heterocycles. The standard InChI is InChI=1S/C6H5O.V/c7-6-4-2-1-3-5-6;/h1-2,4-5,7H;/q-1;. The number of aromatic hydroxyl groups is 1. The predicted octanol–water partition coefficient (Wildman–Crippen LogP) is 1.19. The first-order valence-electron chi connectivity index (χ1n) is 2.04. The van der Waals surface area contributed by atoms with Crippen molar-refractivity contribution in [2.24, 2.45) is 0 Å². The monoisotopic (exact) mass is 144 g/mol. The van der Waals surface area contributed by atoms with Crippen LogP contribution in [0.2, 0.25) is 0 Å². The summed E-state index contributed by atoms with van der Waals surface area (Å²) in [6, 6.07) is 9.30. The Bertz CT molecular complexity index is 138. The molecule has 0 heterocycles. The van der Waals surface area contributed by atoms with E-state index in [-0.39, 0.29) is 24.3 Å². The molecule has 8 heavy (non-hydrogen) atoms. The minimum absolute atomic E-state index is 0. The molecule has 1 radical (unpaired) electrons. The van der Waals surface area contributed by atoms with Gasteiger partial charge in [0, 0.05) is 24.3 Å². The third-order valence-corrected chi connectivity index (χ3v) is 0.691. The number of benzene rings is 1. The summed E-state index contributed by atoms with van der Waals surface area (Å²) in [5, 5.41) is 8.60. The second-order valence-electron chi connectivity index (χ2n) is 1.26. The zero-order valence-corrected chi connectivity index (χ0v) is 5.60. The Labute approximate surface area is 60.2 Å². The van der Waals surface area contributed by atoms with Gasteiger partial charge in [-0.15, -0.1) is 12.1 Å². The van der Waals surface area contributed by atoms with E-state index in [2.05, 4.69) is 6.07 Å². The average Bonchev–Trinajstić information content (AvgIpc) is 1.69. The largest absolute Gasteiger partial charge is 0.566 e. The van der Waals surface area contributed by atoms with Crippen LogP contribution in [0.25, 0.3) is 0 Å². The third-order valence-electron chi connectivity index (χ3n) is 0.691. The van der Waals surface area contributed by atoms with E-state index in [1.807, 2.05) is 0 Å². The van der Waals surface area contributed by atoms with E-state index in [9.17, 15) is 0 Å². The van der Waals surface area contributed by atoms with Gasteiger partial charge >= 0.3 is 0 Å². The molecule has 0 aliphatic carbocycles. The van der Waals surface area contributed by atoms with Gasteiger partial charge in [-0.3, -0.25) is 0 Å². The molecule has 1 aromatic carbocycles. The van der Waals surface area contributed by atoms with Crippen LogP contribution < -0.4 is 0 Å². The van der Waals surface area contributed by atoms with E-state index < -0.39 is 0 Å². The summed E-state index contributed by atoms with van der Waals surface area (Å²) in [6.45, 7) is 0. The molecule has 0 amide bonds. The molecule has 0 unspecified atom stereocenters. The van der Waals surface area contributed by atoms with Crippen LogP contribution in [0, 0.1) is 6.07 Å². The normalized spacial score (nSPS) is 7.50. The van der Waals surface area contributed by atoms with Crippen molar-refractivity contribution in [2.45, 2.75) is 0 Å². The van der Waals surface area contributed by atoms with Gasteiger partial charge in [0.1, 0.15) is 0 Å². The van der Waals surface area contributed by atoms with Crippen molar-refractivity contribution >= 4 is 0 Å². The third kappa shape index (κ3) is 2.05. The minimum Gasteiger partial charge on any atom is -0.566 e. The van der Waals surface area contributed by atoms with Crippen LogP contribution in [0.15, 0.2) is 24.3 Å². The predicted molar refractivity (Wildman–Crippen MR) is 26.9 cm³/mol. The van der Waals surface area contributed by atoms with Crippen molar-refractivity contribution in [1.29, 1.82) is 0 Å². The number of hydrogen-bond donors (Lipinski definition) is 1. The number of phenolic OH excluding ortho intramolecular Hbond substituents is 1. The van der Waals surface area contributed by atoms with Gasteiger partial charge in [-0.1, -0.05) is 0 Å². The van der Waals surface area contributed by atoms with Crippen LogP contribution in [0.3, 0.4) is 0 Å². The Morgan fingerprint density at radius 2 is 2.25 bits per heavy atom. The quantitative estimate of drug-likeness (QED) is 0.542. The summed E-state index contributed by atoms with van der Waals surface area (Å²) in [5.74, 6) is 0.266. The van der Waals surface area contributed by atoms with Gasteiger partial charge < -0.3 is 5.11 Å². The smallest absolute Gasteiger partial charge is 0.00321 e. The maximum atomic E-state index is 8.60. The van der Waals surface area contributed by atoms with Crippen LogP contribution in [0.4, 0.5) is 0 Å². The molecule has 0 spiro atoms. The summed E-state index contributed by atoms with van der Waals surface area (Å²) in [6.07, 6.45) is 0. The van der Waals surface area contributed by atoms with Crippen LogP contribution >= 0.6 is 0 Å². The van der Waals surface area contributed by atoms with Crippen LogP contribution in [0.1, 0.15) is 0 Å². The second-order valence-corrected chi connectivity index (χ2v) is 1.26. The van der Waals surface area contributed by atoms with E-state index in [0.717, 1.165) is 0 Å². The van der Waals surface area contributed by atoms with Gasteiger partial charge in [0.25, 0.3) is 0 Å². The van der Waals surface area contributed by atoms with Crippen molar-refractivity contribution < 1.29 is 23.7 Å². The van der Waals surface area contributed by atoms with E-state index >= 15 is 0 Å². The minimum atomic E-state index is 0. The number of hydrogen-bond acceptors (Lipinski definition) is 1. The fourth-order valence-corrected chi connectivity index (χ4v) is 0.384. The molecule has 0 fully saturated rings. The van der Waals surface area contributed by atoms with Crippen molar-refractivity contribution in [2.75, 3.05) is 0 Å². The molecule has 0 saturated carbocycles. The summed E-state index contributed by atoms with van der Waals surface area (Å²) in [7, 11) is 0. The van der Waals surface area contributed by atoms with E-state index in [1.54, 1.807) is 18.2 Å². The van der Waals surface area contributed by atoms with Gasteiger partial charge in [-0.25, -0.2) is 0 Å². The Morgan fingerprint density at radius 3 is 2.50 bits per heavy atom. The average molecular weight is 144 g/mol. The van der Waals surface area contributed by atoms with Gasteiger partial charge in [-0.2, -0.15) is 18.2 Å². The Hall–Kier alpha value is -0.396. The molecule has 1 nitrogen and oxygen atoms in total. The Balaban J connectivity index is 0.000000490. The molecule has 0 bridgehead atoms. The fraction of sp³-hybridized carbons (Fsp3) is 0. The molecule has 0 saturated heterocycles. The SMILES string of the molecule is Oc1c[c-]ccc1.[V]. The summed E-state index contributed by atoms with van der Waals surface area (Å²) >= 11 is 0. The molecule has 0 atom stereocenters. The van der Waals surface area contributed by atoms with Crippen molar-refractivity contribution in [3.63, 3.8) is 0 Å². The molecule has 2 heteroatoms. The molecular formula is C6H5OV-. The molecule has 1 N–H and O–H groups in total. The summed E-state index contributed by atoms with van der Waals surface area (Å²) < 4.78 is 0.